The van der Waals surface area contributed by atoms with E-state index in [0.717, 1.165) is 16.7 Å². The highest BCUT2D eigenvalue weighted by molar-refractivity contribution is 7.80. The molecule has 0 unspecified atom stereocenters. The van der Waals surface area contributed by atoms with Gasteiger partial charge in [0, 0.05) is 4.90 Å². The summed E-state index contributed by atoms with van der Waals surface area (Å²) in [5.74, 6) is 0.994. The molecule has 0 aromatic heterocycles. The highest BCUT2D eigenvalue weighted by atomic mass is 32.1. The van der Waals surface area contributed by atoms with Crippen LogP contribution in [0.3, 0.4) is 0 Å². The summed E-state index contributed by atoms with van der Waals surface area (Å²) < 4.78 is 24.4. The highest BCUT2D eigenvalue weighted by Crippen LogP contribution is 2.41. The van der Waals surface area contributed by atoms with Crippen molar-refractivity contribution in [2.75, 3.05) is 0 Å². The lowest BCUT2D eigenvalue weighted by Crippen LogP contribution is -2.11. The quantitative estimate of drug-likeness (QED) is 0.103. The maximum absolute atomic E-state index is 13.3. The Morgan fingerprint density at radius 3 is 1.50 bits per heavy atom. The predicted molar refractivity (Wildman–Crippen MR) is 157 cm³/mol. The fraction of sp³-hybridized carbons (Fsp3) is 0.0882. The number of hydrogen-bond donors (Lipinski definition) is 1. The van der Waals surface area contributed by atoms with Crippen LogP contribution in [-0.2, 0) is 19.8 Å². The molecule has 0 N–H and O–H groups in total. The molecular formula is C34H28O5S. The second-order valence-corrected chi connectivity index (χ2v) is 9.53. The molecule has 5 aromatic rings. The van der Waals surface area contributed by atoms with Crippen LogP contribution in [0.15, 0.2) is 132 Å². The monoisotopic (exact) mass is 548 g/mol. The van der Waals surface area contributed by atoms with Gasteiger partial charge in [-0.05, 0) is 47.0 Å². The second-order valence-electron chi connectivity index (χ2n) is 9.01. The standard InChI is InChI=1S/C34H28O5S/c35-34(39-29-17-10-18-30(40)21-29)28-19-31(36-22-25-11-4-1-5-12-25)33(38-24-27-15-8-3-9-16-27)32(20-28)37-23-26-13-6-2-7-14-26/h1-21,40H,22-24H2. The second kappa shape index (κ2) is 13.4. The van der Waals surface area contributed by atoms with Crippen molar-refractivity contribution in [1.82, 2.24) is 0 Å². The molecule has 5 nitrogen and oxygen atoms in total. The Labute approximate surface area is 239 Å². The Morgan fingerprint density at radius 2 is 1.02 bits per heavy atom. The van der Waals surface area contributed by atoms with Crippen LogP contribution < -0.4 is 18.9 Å². The number of hydrogen-bond acceptors (Lipinski definition) is 6. The maximum atomic E-state index is 13.3. The number of rotatable bonds is 11. The molecule has 0 saturated heterocycles. The average Bonchev–Trinajstić information content (AvgIpc) is 2.99. The van der Waals surface area contributed by atoms with Crippen LogP contribution in [0.2, 0.25) is 0 Å². The van der Waals surface area contributed by atoms with Gasteiger partial charge < -0.3 is 18.9 Å². The first kappa shape index (κ1) is 26.9. The molecule has 6 heteroatoms. The largest absolute Gasteiger partial charge is 0.485 e. The normalized spacial score (nSPS) is 10.5. The smallest absolute Gasteiger partial charge is 0.343 e. The van der Waals surface area contributed by atoms with Crippen molar-refractivity contribution in [2.24, 2.45) is 0 Å². The molecule has 200 valence electrons. The van der Waals surface area contributed by atoms with E-state index in [-0.39, 0.29) is 18.8 Å². The van der Waals surface area contributed by atoms with Crippen molar-refractivity contribution in [3.8, 4) is 23.0 Å². The summed E-state index contributed by atoms with van der Waals surface area (Å²) in [5.41, 5.74) is 3.20. The van der Waals surface area contributed by atoms with Crippen LogP contribution in [-0.4, -0.2) is 5.97 Å². The van der Waals surface area contributed by atoms with E-state index in [1.165, 1.54) is 0 Å². The van der Waals surface area contributed by atoms with Gasteiger partial charge in [0.1, 0.15) is 25.6 Å². The number of carbonyl (C=O) groups is 1. The van der Waals surface area contributed by atoms with E-state index < -0.39 is 5.97 Å². The minimum atomic E-state index is -0.553. The molecule has 0 radical (unpaired) electrons. The summed E-state index contributed by atoms with van der Waals surface area (Å²) in [6.45, 7) is 0.852. The molecule has 5 rings (SSSR count). The number of benzene rings is 5. The van der Waals surface area contributed by atoms with Crippen LogP contribution in [0, 0.1) is 0 Å². The number of esters is 1. The molecule has 0 aliphatic rings. The van der Waals surface area contributed by atoms with Crippen LogP contribution >= 0.6 is 12.6 Å². The SMILES string of the molecule is O=C(Oc1cccc(S)c1)c1cc(OCc2ccccc2)c(OCc2ccccc2)c(OCc2ccccc2)c1. The molecule has 40 heavy (non-hydrogen) atoms. The van der Waals surface area contributed by atoms with Crippen molar-refractivity contribution >= 4 is 18.6 Å². The van der Waals surface area contributed by atoms with E-state index in [1.54, 1.807) is 30.3 Å². The zero-order valence-corrected chi connectivity index (χ0v) is 22.6. The molecule has 0 fully saturated rings. The van der Waals surface area contributed by atoms with E-state index in [0.29, 0.717) is 34.5 Å². The van der Waals surface area contributed by atoms with Gasteiger partial charge in [0.2, 0.25) is 5.75 Å². The molecule has 5 aromatic carbocycles. The Kier molecular flexibility index (Phi) is 9.02. The summed E-state index contributed by atoms with van der Waals surface area (Å²) >= 11 is 4.34. The Hall–Kier alpha value is -4.68. The predicted octanol–water partition coefficient (Wildman–Crippen LogP) is 7.93. The summed E-state index contributed by atoms with van der Waals surface area (Å²) in [5, 5.41) is 0. The molecule has 0 bridgehead atoms. The summed E-state index contributed by atoms with van der Waals surface area (Å²) in [6.07, 6.45) is 0. The average molecular weight is 549 g/mol. The minimum absolute atomic E-state index is 0.266. The minimum Gasteiger partial charge on any atom is -0.485 e. The van der Waals surface area contributed by atoms with Crippen LogP contribution in [0.4, 0.5) is 0 Å². The van der Waals surface area contributed by atoms with Crippen LogP contribution in [0.1, 0.15) is 27.0 Å². The van der Waals surface area contributed by atoms with Gasteiger partial charge in [0.15, 0.2) is 11.5 Å². The first-order valence-corrected chi connectivity index (χ1v) is 13.3. The van der Waals surface area contributed by atoms with Gasteiger partial charge in [-0.3, -0.25) is 0 Å². The van der Waals surface area contributed by atoms with Gasteiger partial charge >= 0.3 is 5.97 Å². The van der Waals surface area contributed by atoms with Gasteiger partial charge in [-0.1, -0.05) is 97.1 Å². The van der Waals surface area contributed by atoms with Crippen molar-refractivity contribution in [3.05, 3.63) is 150 Å². The highest BCUT2D eigenvalue weighted by Gasteiger charge is 2.21. The summed E-state index contributed by atoms with van der Waals surface area (Å²) in [7, 11) is 0. The summed E-state index contributed by atoms with van der Waals surface area (Å²) in [6, 6.07) is 39.6. The van der Waals surface area contributed by atoms with Crippen LogP contribution in [0.5, 0.6) is 23.0 Å². The first-order valence-electron chi connectivity index (χ1n) is 12.8. The van der Waals surface area contributed by atoms with Crippen molar-refractivity contribution in [2.45, 2.75) is 24.7 Å². The van der Waals surface area contributed by atoms with E-state index >= 15 is 0 Å². The van der Waals surface area contributed by atoms with Crippen LogP contribution in [0.25, 0.3) is 0 Å². The molecule has 0 aliphatic carbocycles. The van der Waals surface area contributed by atoms with E-state index in [9.17, 15) is 4.79 Å². The van der Waals surface area contributed by atoms with E-state index in [2.05, 4.69) is 12.6 Å². The lowest BCUT2D eigenvalue weighted by molar-refractivity contribution is 0.0733. The third-order valence-electron chi connectivity index (χ3n) is 5.98. The van der Waals surface area contributed by atoms with E-state index in [4.69, 9.17) is 18.9 Å². The Morgan fingerprint density at radius 1 is 0.550 bits per heavy atom. The lowest BCUT2D eigenvalue weighted by atomic mass is 10.1. The molecule has 0 heterocycles. The molecular weight excluding hydrogens is 520 g/mol. The Bertz CT molecular complexity index is 1470. The molecule has 0 atom stereocenters. The van der Waals surface area contributed by atoms with Gasteiger partial charge in [-0.2, -0.15) is 0 Å². The number of thiol groups is 1. The number of ether oxygens (including phenoxy) is 4. The van der Waals surface area contributed by atoms with Gasteiger partial charge in [-0.25, -0.2) is 4.79 Å². The molecule has 0 aliphatic heterocycles. The lowest BCUT2D eigenvalue weighted by Gasteiger charge is -2.19. The number of carbonyl (C=O) groups excluding carboxylic acids is 1. The topological polar surface area (TPSA) is 54.0 Å². The summed E-state index contributed by atoms with van der Waals surface area (Å²) in [4.78, 5) is 14.0. The first-order chi connectivity index (χ1) is 19.6. The van der Waals surface area contributed by atoms with Crippen molar-refractivity contribution < 1.29 is 23.7 Å². The van der Waals surface area contributed by atoms with E-state index in [1.807, 2.05) is 97.1 Å². The zero-order chi connectivity index (χ0) is 27.6. The van der Waals surface area contributed by atoms with Gasteiger partial charge in [-0.15, -0.1) is 12.6 Å². The fourth-order valence-corrected chi connectivity index (χ4v) is 4.18. The van der Waals surface area contributed by atoms with Gasteiger partial charge in [0.25, 0.3) is 0 Å². The van der Waals surface area contributed by atoms with Crippen molar-refractivity contribution in [3.63, 3.8) is 0 Å². The van der Waals surface area contributed by atoms with Crippen molar-refractivity contribution in [1.29, 1.82) is 0 Å². The zero-order valence-electron chi connectivity index (χ0n) is 21.7. The molecule has 0 saturated carbocycles. The Balaban J connectivity index is 1.50. The fourth-order valence-electron chi connectivity index (χ4n) is 3.96. The van der Waals surface area contributed by atoms with Gasteiger partial charge in [0.05, 0.1) is 5.56 Å². The maximum Gasteiger partial charge on any atom is 0.343 e. The third kappa shape index (κ3) is 7.46. The molecule has 0 amide bonds. The molecule has 0 spiro atoms. The third-order valence-corrected chi connectivity index (χ3v) is 6.26.